The number of hydrogen-bond donors (Lipinski definition) is 0. The minimum absolute atomic E-state index is 0.481. The van der Waals surface area contributed by atoms with Gasteiger partial charge in [0, 0.05) is 43.5 Å². The van der Waals surface area contributed by atoms with Gasteiger partial charge in [-0.25, -0.2) is 9.97 Å². The highest BCUT2D eigenvalue weighted by molar-refractivity contribution is 5.56. The maximum absolute atomic E-state index is 4.83. The van der Waals surface area contributed by atoms with E-state index in [1.54, 1.807) is 0 Å². The van der Waals surface area contributed by atoms with Crippen LogP contribution < -0.4 is 0 Å². The van der Waals surface area contributed by atoms with Gasteiger partial charge in [0.15, 0.2) is 0 Å². The van der Waals surface area contributed by atoms with Gasteiger partial charge in [-0.15, -0.1) is 0 Å². The monoisotopic (exact) mass is 340 g/mol. The van der Waals surface area contributed by atoms with Crippen molar-refractivity contribution < 1.29 is 0 Å². The van der Waals surface area contributed by atoms with Crippen LogP contribution >= 0.6 is 0 Å². The quantitative estimate of drug-likeness (QED) is 0.854. The summed E-state index contributed by atoms with van der Waals surface area (Å²) in [4.78, 5) is 14.6. The zero-order chi connectivity index (χ0) is 17.2. The zero-order valence-corrected chi connectivity index (χ0v) is 15.3. The van der Waals surface area contributed by atoms with Gasteiger partial charge in [-0.2, -0.15) is 5.10 Å². The third-order valence-corrected chi connectivity index (χ3v) is 5.77. The highest BCUT2D eigenvalue weighted by atomic mass is 15.2. The summed E-state index contributed by atoms with van der Waals surface area (Å²) < 4.78 is 1.82. The molecule has 0 amide bonds. The zero-order valence-electron chi connectivity index (χ0n) is 15.3. The lowest BCUT2D eigenvalue weighted by molar-refractivity contribution is 0.159. The Balaban J connectivity index is 1.37. The average Bonchev–Trinajstić information content (AvgIpc) is 3.25. The highest BCUT2D eigenvalue weighted by Crippen LogP contribution is 2.28. The third-order valence-electron chi connectivity index (χ3n) is 5.77. The molecule has 1 atom stereocenters. The summed E-state index contributed by atoms with van der Waals surface area (Å²) in [6.45, 7) is 4.81. The molecule has 0 saturated carbocycles. The van der Waals surface area contributed by atoms with Crippen molar-refractivity contribution in [3.05, 3.63) is 30.5 Å². The summed E-state index contributed by atoms with van der Waals surface area (Å²) in [5.74, 6) is 1.48. The predicted molar refractivity (Wildman–Crippen MR) is 98.3 cm³/mol. The van der Waals surface area contributed by atoms with E-state index in [9.17, 15) is 0 Å². The number of likely N-dealkylation sites (N-methyl/N-ethyl adjacent to an activating group) is 1. The second kappa shape index (κ2) is 7.22. The summed E-state index contributed by atoms with van der Waals surface area (Å²) in [6.07, 6.45) is 10.8. The van der Waals surface area contributed by atoms with Crippen LogP contribution in [0.1, 0.15) is 37.4 Å². The maximum Gasteiger partial charge on any atom is 0.132 e. The lowest BCUT2D eigenvalue weighted by Crippen LogP contribution is -2.42. The number of likely N-dealkylation sites (tertiary alicyclic amines) is 2. The Kier molecular flexibility index (Phi) is 4.81. The van der Waals surface area contributed by atoms with Crippen molar-refractivity contribution in [2.45, 2.75) is 37.6 Å². The summed E-state index contributed by atoms with van der Waals surface area (Å²) >= 11 is 0. The van der Waals surface area contributed by atoms with E-state index in [2.05, 4.69) is 26.9 Å². The van der Waals surface area contributed by atoms with Gasteiger partial charge >= 0.3 is 0 Å². The Morgan fingerprint density at radius 1 is 1.12 bits per heavy atom. The first kappa shape index (κ1) is 16.7. The van der Waals surface area contributed by atoms with E-state index < -0.39 is 0 Å². The smallest absolute Gasteiger partial charge is 0.132 e. The summed E-state index contributed by atoms with van der Waals surface area (Å²) in [7, 11) is 4.20. The Bertz CT molecular complexity index is 703. The van der Waals surface area contributed by atoms with Gasteiger partial charge < -0.3 is 9.80 Å². The number of hydrogen-bond acceptors (Lipinski definition) is 5. The topological polar surface area (TPSA) is 50.1 Å². The molecule has 4 heterocycles. The van der Waals surface area contributed by atoms with E-state index in [-0.39, 0.29) is 0 Å². The maximum atomic E-state index is 4.83. The summed E-state index contributed by atoms with van der Waals surface area (Å²) in [6, 6.07) is 2.73. The van der Waals surface area contributed by atoms with Crippen molar-refractivity contribution in [2.24, 2.45) is 7.05 Å². The highest BCUT2D eigenvalue weighted by Gasteiger charge is 2.27. The minimum Gasteiger partial charge on any atom is -0.302 e. The SMILES string of the molecule is CN1CCC[C@@H]1CN1CCC(c2nccc(-c3cnn(C)c3)n2)CC1. The van der Waals surface area contributed by atoms with Crippen LogP contribution in [0, 0.1) is 0 Å². The summed E-state index contributed by atoms with van der Waals surface area (Å²) in [5.41, 5.74) is 2.04. The van der Waals surface area contributed by atoms with Crippen molar-refractivity contribution in [3.8, 4) is 11.3 Å². The average molecular weight is 340 g/mol. The van der Waals surface area contributed by atoms with Crippen LogP contribution in [0.2, 0.25) is 0 Å². The molecule has 2 aromatic heterocycles. The molecule has 2 fully saturated rings. The normalized spacial score (nSPS) is 23.4. The molecule has 25 heavy (non-hydrogen) atoms. The first-order valence-corrected chi connectivity index (χ1v) is 9.43. The number of rotatable bonds is 4. The van der Waals surface area contributed by atoms with Crippen molar-refractivity contribution in [2.75, 3.05) is 33.2 Å². The largest absolute Gasteiger partial charge is 0.302 e. The molecule has 0 aliphatic carbocycles. The molecule has 0 unspecified atom stereocenters. The second-order valence-electron chi connectivity index (χ2n) is 7.55. The van der Waals surface area contributed by atoms with Gasteiger partial charge in [0.25, 0.3) is 0 Å². The van der Waals surface area contributed by atoms with Gasteiger partial charge in [0.05, 0.1) is 11.9 Å². The van der Waals surface area contributed by atoms with Crippen LogP contribution in [0.5, 0.6) is 0 Å². The van der Waals surface area contributed by atoms with E-state index in [0.29, 0.717) is 5.92 Å². The van der Waals surface area contributed by atoms with E-state index in [1.807, 2.05) is 36.4 Å². The first-order chi connectivity index (χ1) is 12.2. The lowest BCUT2D eigenvalue weighted by atomic mass is 9.95. The van der Waals surface area contributed by atoms with Crippen LogP contribution in [0.25, 0.3) is 11.3 Å². The Hall–Kier alpha value is -1.79. The van der Waals surface area contributed by atoms with Gasteiger partial charge in [0.1, 0.15) is 5.82 Å². The van der Waals surface area contributed by atoms with E-state index in [4.69, 9.17) is 4.98 Å². The van der Waals surface area contributed by atoms with Crippen LogP contribution in [0.3, 0.4) is 0 Å². The molecule has 2 aliphatic rings. The molecule has 0 bridgehead atoms. The van der Waals surface area contributed by atoms with E-state index in [0.717, 1.165) is 49.1 Å². The number of piperidine rings is 1. The molecule has 0 N–H and O–H groups in total. The molecule has 2 aliphatic heterocycles. The van der Waals surface area contributed by atoms with Crippen LogP contribution in [0.4, 0.5) is 0 Å². The molecular weight excluding hydrogens is 312 g/mol. The fraction of sp³-hybridized carbons (Fsp3) is 0.632. The van der Waals surface area contributed by atoms with E-state index in [1.165, 1.54) is 25.9 Å². The van der Waals surface area contributed by atoms with Crippen molar-refractivity contribution in [3.63, 3.8) is 0 Å². The van der Waals surface area contributed by atoms with Gasteiger partial charge in [-0.1, -0.05) is 0 Å². The third kappa shape index (κ3) is 3.75. The van der Waals surface area contributed by atoms with Crippen molar-refractivity contribution >= 4 is 0 Å². The lowest BCUT2D eigenvalue weighted by Gasteiger charge is -2.34. The molecule has 4 rings (SSSR count). The first-order valence-electron chi connectivity index (χ1n) is 9.43. The predicted octanol–water partition coefficient (Wildman–Crippen LogP) is 2.15. The van der Waals surface area contributed by atoms with Gasteiger partial charge in [0.2, 0.25) is 0 Å². The number of nitrogens with zero attached hydrogens (tertiary/aromatic N) is 6. The number of aryl methyl sites for hydroxylation is 1. The summed E-state index contributed by atoms with van der Waals surface area (Å²) in [5, 5.41) is 4.25. The molecule has 2 aromatic rings. The Morgan fingerprint density at radius 2 is 1.96 bits per heavy atom. The Morgan fingerprint density at radius 3 is 2.64 bits per heavy atom. The Labute approximate surface area is 149 Å². The minimum atomic E-state index is 0.481. The van der Waals surface area contributed by atoms with Crippen LogP contribution in [0.15, 0.2) is 24.7 Å². The molecular formula is C19H28N6. The van der Waals surface area contributed by atoms with Crippen LogP contribution in [-0.2, 0) is 7.05 Å². The van der Waals surface area contributed by atoms with Gasteiger partial charge in [-0.3, -0.25) is 4.68 Å². The molecule has 6 nitrogen and oxygen atoms in total. The fourth-order valence-electron chi connectivity index (χ4n) is 4.17. The van der Waals surface area contributed by atoms with Crippen LogP contribution in [-0.4, -0.2) is 68.8 Å². The molecule has 0 spiro atoms. The molecule has 2 saturated heterocycles. The molecule has 134 valence electrons. The van der Waals surface area contributed by atoms with Crippen molar-refractivity contribution in [1.82, 2.24) is 29.5 Å². The molecule has 0 aromatic carbocycles. The standard InChI is InChI=1S/C19H28N6/c1-23-9-3-4-17(23)14-25-10-6-15(7-11-25)19-20-8-5-18(22-19)16-12-21-24(2)13-16/h5,8,12-13,15,17H,3-4,6-7,9-11,14H2,1-2H3/t17-/m1/s1. The molecule has 0 radical (unpaired) electrons. The van der Waals surface area contributed by atoms with Crippen molar-refractivity contribution in [1.29, 1.82) is 0 Å². The van der Waals surface area contributed by atoms with E-state index >= 15 is 0 Å². The van der Waals surface area contributed by atoms with Gasteiger partial charge in [-0.05, 0) is 58.4 Å². The second-order valence-corrected chi connectivity index (χ2v) is 7.55. The number of aromatic nitrogens is 4. The fourth-order valence-corrected chi connectivity index (χ4v) is 4.17. The molecule has 6 heteroatoms.